The van der Waals surface area contributed by atoms with E-state index in [9.17, 15) is 9.59 Å². The molecule has 0 radical (unpaired) electrons. The highest BCUT2D eigenvalue weighted by Crippen LogP contribution is 2.39. The van der Waals surface area contributed by atoms with Crippen molar-refractivity contribution in [2.24, 2.45) is 0 Å². The fourth-order valence-corrected chi connectivity index (χ4v) is 5.38. The predicted octanol–water partition coefficient (Wildman–Crippen LogP) is 6.12. The van der Waals surface area contributed by atoms with E-state index in [4.69, 9.17) is 32.7 Å². The number of fused-ring (bicyclic) bond motifs is 1. The SMILES string of the molecule is Cl.O=C1CC2(CCN(C(=O)[C@H](COCc3ccc(Cl)c(Cl)c3)NCc3ccccc3)CC2)Oc2ccccc21. The summed E-state index contributed by atoms with van der Waals surface area (Å²) in [7, 11) is 0. The van der Waals surface area contributed by atoms with Crippen LogP contribution in [-0.2, 0) is 22.7 Å². The van der Waals surface area contributed by atoms with E-state index in [0.717, 1.165) is 11.1 Å². The molecule has 1 saturated heterocycles. The molecule has 2 aliphatic heterocycles. The molecule has 3 aromatic rings. The number of halogens is 3. The van der Waals surface area contributed by atoms with Gasteiger partial charge >= 0.3 is 0 Å². The van der Waals surface area contributed by atoms with E-state index in [1.165, 1.54) is 0 Å². The standard InChI is InChI=1S/C30H30Cl2N2O4.ClH/c31-24-11-10-22(16-25(24)32)19-37-20-26(33-18-21-6-2-1-3-7-21)29(36)34-14-12-30(13-15-34)17-27(35)23-8-4-5-9-28(23)38-30;/h1-11,16,26,33H,12-15,17-20H2;1H/t26-;/m0./s1. The van der Waals surface area contributed by atoms with Crippen LogP contribution >= 0.6 is 35.6 Å². The average molecular weight is 590 g/mol. The summed E-state index contributed by atoms with van der Waals surface area (Å²) in [6, 6.07) is 22.2. The molecule has 5 rings (SSSR count). The Morgan fingerprint density at radius 1 is 0.974 bits per heavy atom. The summed E-state index contributed by atoms with van der Waals surface area (Å²) in [6.45, 7) is 2.09. The highest BCUT2D eigenvalue weighted by molar-refractivity contribution is 6.42. The number of likely N-dealkylation sites (tertiary alicyclic amines) is 1. The number of benzene rings is 3. The van der Waals surface area contributed by atoms with E-state index < -0.39 is 11.6 Å². The number of Topliss-reactive ketones (excluding diaryl/α,β-unsaturated/α-hetero) is 1. The lowest BCUT2D eigenvalue weighted by atomic mass is 9.82. The van der Waals surface area contributed by atoms with Crippen molar-refractivity contribution < 1.29 is 19.1 Å². The molecule has 0 aliphatic carbocycles. The Balaban J connectivity index is 0.00000353. The number of amides is 1. The Morgan fingerprint density at radius 2 is 1.69 bits per heavy atom. The molecular weight excluding hydrogens is 559 g/mol. The minimum absolute atomic E-state index is 0. The van der Waals surface area contributed by atoms with Gasteiger partial charge in [-0.2, -0.15) is 0 Å². The maximum atomic E-state index is 13.6. The molecule has 1 fully saturated rings. The fraction of sp³-hybridized carbons (Fsp3) is 0.333. The molecule has 1 atom stereocenters. The second-order valence-corrected chi connectivity index (χ2v) is 10.7. The number of ether oxygens (including phenoxy) is 2. The first-order valence-electron chi connectivity index (χ1n) is 12.8. The summed E-state index contributed by atoms with van der Waals surface area (Å²) in [6.07, 6.45) is 1.55. The van der Waals surface area contributed by atoms with E-state index in [-0.39, 0.29) is 30.7 Å². The maximum absolute atomic E-state index is 13.6. The van der Waals surface area contributed by atoms with Crippen LogP contribution in [0.4, 0.5) is 0 Å². The van der Waals surface area contributed by atoms with Crippen molar-refractivity contribution in [2.45, 2.75) is 44.1 Å². The maximum Gasteiger partial charge on any atom is 0.242 e. The number of hydrogen-bond acceptors (Lipinski definition) is 5. The minimum atomic E-state index is -0.556. The van der Waals surface area contributed by atoms with Gasteiger partial charge in [0.15, 0.2) is 5.78 Å². The third-order valence-corrected chi connectivity index (χ3v) is 7.95. The van der Waals surface area contributed by atoms with Crippen LogP contribution in [0.15, 0.2) is 72.8 Å². The molecule has 0 saturated carbocycles. The molecule has 2 aliphatic rings. The van der Waals surface area contributed by atoms with Crippen molar-refractivity contribution in [2.75, 3.05) is 19.7 Å². The van der Waals surface area contributed by atoms with Gasteiger partial charge < -0.3 is 14.4 Å². The van der Waals surface area contributed by atoms with Crippen molar-refractivity contribution in [3.8, 4) is 5.75 Å². The molecule has 6 nitrogen and oxygen atoms in total. The monoisotopic (exact) mass is 588 g/mol. The third-order valence-electron chi connectivity index (χ3n) is 7.21. The molecule has 206 valence electrons. The zero-order valence-electron chi connectivity index (χ0n) is 21.4. The molecule has 0 aromatic heterocycles. The minimum Gasteiger partial charge on any atom is -0.486 e. The van der Waals surface area contributed by atoms with Crippen molar-refractivity contribution in [1.82, 2.24) is 10.2 Å². The van der Waals surface area contributed by atoms with Gasteiger partial charge in [0.1, 0.15) is 17.4 Å². The van der Waals surface area contributed by atoms with Gasteiger partial charge in [-0.15, -0.1) is 12.4 Å². The van der Waals surface area contributed by atoms with Crippen molar-refractivity contribution in [1.29, 1.82) is 0 Å². The predicted molar refractivity (Wildman–Crippen MR) is 155 cm³/mol. The Morgan fingerprint density at radius 3 is 2.44 bits per heavy atom. The summed E-state index contributed by atoms with van der Waals surface area (Å²) < 4.78 is 12.3. The number of carbonyl (C=O) groups is 2. The van der Waals surface area contributed by atoms with Gasteiger partial charge in [-0.3, -0.25) is 14.9 Å². The lowest BCUT2D eigenvalue weighted by molar-refractivity contribution is -0.138. The van der Waals surface area contributed by atoms with Crippen LogP contribution in [0.25, 0.3) is 0 Å². The molecule has 0 bridgehead atoms. The first kappa shape index (κ1) is 29.4. The van der Waals surface area contributed by atoms with Gasteiger partial charge in [-0.1, -0.05) is 71.7 Å². The van der Waals surface area contributed by atoms with Gasteiger partial charge in [0.2, 0.25) is 5.91 Å². The summed E-state index contributed by atoms with van der Waals surface area (Å²) >= 11 is 12.2. The van der Waals surface area contributed by atoms with Crippen molar-refractivity contribution in [3.63, 3.8) is 0 Å². The van der Waals surface area contributed by atoms with Gasteiger partial charge in [0.05, 0.1) is 35.2 Å². The van der Waals surface area contributed by atoms with Crippen molar-refractivity contribution in [3.05, 3.63) is 99.5 Å². The van der Waals surface area contributed by atoms with Gasteiger partial charge in [-0.05, 0) is 35.4 Å². The summed E-state index contributed by atoms with van der Waals surface area (Å²) in [4.78, 5) is 28.3. The number of nitrogens with zero attached hydrogens (tertiary/aromatic N) is 1. The molecule has 39 heavy (non-hydrogen) atoms. The van der Waals surface area contributed by atoms with E-state index in [0.29, 0.717) is 66.9 Å². The first-order valence-corrected chi connectivity index (χ1v) is 13.6. The molecule has 1 N–H and O–H groups in total. The lowest BCUT2D eigenvalue weighted by Crippen LogP contribution is -2.56. The van der Waals surface area contributed by atoms with E-state index in [1.54, 1.807) is 12.1 Å². The van der Waals surface area contributed by atoms with E-state index >= 15 is 0 Å². The van der Waals surface area contributed by atoms with Crippen LogP contribution in [0.3, 0.4) is 0 Å². The van der Waals surface area contributed by atoms with Gasteiger partial charge in [0, 0.05) is 32.5 Å². The van der Waals surface area contributed by atoms with E-state index in [2.05, 4.69) is 5.32 Å². The topological polar surface area (TPSA) is 67.9 Å². The summed E-state index contributed by atoms with van der Waals surface area (Å²) in [5.41, 5.74) is 2.05. The first-order chi connectivity index (χ1) is 18.4. The van der Waals surface area contributed by atoms with E-state index in [1.807, 2.05) is 65.6 Å². The Labute approximate surface area is 245 Å². The number of rotatable bonds is 8. The van der Waals surface area contributed by atoms with Crippen LogP contribution < -0.4 is 10.1 Å². The van der Waals surface area contributed by atoms with Crippen LogP contribution in [-0.4, -0.2) is 47.9 Å². The molecular formula is C30H31Cl3N2O4. The zero-order chi connectivity index (χ0) is 26.5. The van der Waals surface area contributed by atoms with Crippen molar-refractivity contribution >= 4 is 47.3 Å². The van der Waals surface area contributed by atoms with Crippen LogP contribution in [0.1, 0.15) is 40.7 Å². The quantitative estimate of drug-likeness (QED) is 0.343. The Bertz CT molecular complexity index is 1300. The number of piperidine rings is 1. The van der Waals surface area contributed by atoms with Crippen LogP contribution in [0, 0.1) is 0 Å². The number of nitrogens with one attached hydrogen (secondary N) is 1. The third kappa shape index (κ3) is 7.13. The Kier molecular flexibility index (Phi) is 9.91. The molecule has 9 heteroatoms. The molecule has 2 heterocycles. The largest absolute Gasteiger partial charge is 0.486 e. The Hall–Kier alpha value is -2.61. The number of hydrogen-bond donors (Lipinski definition) is 1. The fourth-order valence-electron chi connectivity index (χ4n) is 5.06. The smallest absolute Gasteiger partial charge is 0.242 e. The second kappa shape index (κ2) is 13.2. The molecule has 3 aromatic carbocycles. The van der Waals surface area contributed by atoms with Gasteiger partial charge in [0.25, 0.3) is 0 Å². The number of carbonyl (C=O) groups excluding carboxylic acids is 2. The highest BCUT2D eigenvalue weighted by Gasteiger charge is 2.44. The average Bonchev–Trinajstić information content (AvgIpc) is 2.93. The van der Waals surface area contributed by atoms with Crippen LogP contribution in [0.5, 0.6) is 5.75 Å². The lowest BCUT2D eigenvalue weighted by Gasteiger charge is -2.44. The van der Waals surface area contributed by atoms with Gasteiger partial charge in [-0.25, -0.2) is 0 Å². The molecule has 1 amide bonds. The normalized spacial score (nSPS) is 16.7. The number of ketones is 1. The zero-order valence-corrected chi connectivity index (χ0v) is 23.7. The molecule has 1 spiro atoms. The van der Waals surface area contributed by atoms with Crippen LogP contribution in [0.2, 0.25) is 10.0 Å². The number of para-hydroxylation sites is 1. The summed E-state index contributed by atoms with van der Waals surface area (Å²) in [5.74, 6) is 0.721. The molecule has 0 unspecified atom stereocenters. The highest BCUT2D eigenvalue weighted by atomic mass is 35.5. The summed E-state index contributed by atoms with van der Waals surface area (Å²) in [5, 5.41) is 4.34. The second-order valence-electron chi connectivity index (χ2n) is 9.89.